The third kappa shape index (κ3) is 4.02. The zero-order valence-electron chi connectivity index (χ0n) is 9.71. The minimum absolute atomic E-state index is 0.327. The second-order valence-electron chi connectivity index (χ2n) is 4.16. The third-order valence-electron chi connectivity index (χ3n) is 2.70. The predicted octanol–water partition coefficient (Wildman–Crippen LogP) is 5.28. The maximum absolute atomic E-state index is 13.0. The van der Waals surface area contributed by atoms with Gasteiger partial charge in [0.05, 0.1) is 6.10 Å². The van der Waals surface area contributed by atoms with Crippen LogP contribution in [-0.4, -0.2) is 5.11 Å². The van der Waals surface area contributed by atoms with Crippen molar-refractivity contribution in [2.45, 2.75) is 12.5 Å². The van der Waals surface area contributed by atoms with Gasteiger partial charge in [0.2, 0.25) is 0 Å². The summed E-state index contributed by atoms with van der Waals surface area (Å²) in [5, 5.41) is 10.5. The minimum atomic E-state index is -0.697. The Balaban J connectivity index is 2.22. The molecule has 0 aliphatic carbocycles. The lowest BCUT2D eigenvalue weighted by atomic mass is 10.0. The second kappa shape index (κ2) is 6.35. The summed E-state index contributed by atoms with van der Waals surface area (Å²) in [5.74, 6) is -0.381. The standard InChI is InChI=1S/C14H10Br2ClFO/c15-10-3-9(4-11(16)6-10)14(19)5-8-1-2-12(18)7-13(8)17/h1-4,6-7,14,19H,5H2. The van der Waals surface area contributed by atoms with Crippen LogP contribution in [0.3, 0.4) is 0 Å². The maximum atomic E-state index is 13.0. The molecular weight excluding hydrogens is 398 g/mol. The van der Waals surface area contributed by atoms with Crippen LogP contribution in [0.25, 0.3) is 0 Å². The summed E-state index contributed by atoms with van der Waals surface area (Å²) < 4.78 is 14.7. The van der Waals surface area contributed by atoms with E-state index >= 15 is 0 Å². The minimum Gasteiger partial charge on any atom is -0.388 e. The van der Waals surface area contributed by atoms with E-state index in [-0.39, 0.29) is 5.82 Å². The Labute approximate surface area is 132 Å². The van der Waals surface area contributed by atoms with Crippen LogP contribution in [0, 0.1) is 5.82 Å². The lowest BCUT2D eigenvalue weighted by molar-refractivity contribution is 0.178. The molecule has 2 aromatic carbocycles. The van der Waals surface area contributed by atoms with Crippen molar-refractivity contribution >= 4 is 43.5 Å². The van der Waals surface area contributed by atoms with E-state index in [4.69, 9.17) is 11.6 Å². The van der Waals surface area contributed by atoms with Crippen LogP contribution in [0.2, 0.25) is 5.02 Å². The monoisotopic (exact) mass is 406 g/mol. The lowest BCUT2D eigenvalue weighted by Crippen LogP contribution is -2.02. The Morgan fingerprint density at radius 1 is 1.11 bits per heavy atom. The molecule has 0 radical (unpaired) electrons. The molecule has 0 aliphatic heterocycles. The van der Waals surface area contributed by atoms with E-state index in [0.717, 1.165) is 14.5 Å². The van der Waals surface area contributed by atoms with Gasteiger partial charge in [-0.1, -0.05) is 49.5 Å². The van der Waals surface area contributed by atoms with Gasteiger partial charge in [-0.2, -0.15) is 0 Å². The van der Waals surface area contributed by atoms with Crippen molar-refractivity contribution in [1.82, 2.24) is 0 Å². The number of rotatable bonds is 3. The number of hydrogen-bond donors (Lipinski definition) is 1. The maximum Gasteiger partial charge on any atom is 0.124 e. The van der Waals surface area contributed by atoms with Crippen molar-refractivity contribution in [3.05, 3.63) is 67.3 Å². The molecule has 0 amide bonds. The number of aliphatic hydroxyl groups is 1. The summed E-state index contributed by atoms with van der Waals surface area (Å²) in [6.07, 6.45) is -0.362. The average molecular weight is 408 g/mol. The van der Waals surface area contributed by atoms with Gasteiger partial charge in [0.25, 0.3) is 0 Å². The van der Waals surface area contributed by atoms with Crippen molar-refractivity contribution in [2.24, 2.45) is 0 Å². The highest BCUT2D eigenvalue weighted by molar-refractivity contribution is 9.11. The van der Waals surface area contributed by atoms with Crippen molar-refractivity contribution in [3.63, 3.8) is 0 Å². The van der Waals surface area contributed by atoms with Gasteiger partial charge in [0.1, 0.15) is 5.82 Å². The molecule has 100 valence electrons. The molecule has 0 aromatic heterocycles. The predicted molar refractivity (Wildman–Crippen MR) is 81.9 cm³/mol. The Hall–Kier alpha value is -0.420. The first-order valence-corrected chi connectivity index (χ1v) is 7.50. The van der Waals surface area contributed by atoms with Crippen LogP contribution in [0.4, 0.5) is 4.39 Å². The first kappa shape index (κ1) is 15.0. The Bertz CT molecular complexity index is 584. The van der Waals surface area contributed by atoms with E-state index in [1.54, 1.807) is 6.07 Å². The molecule has 2 rings (SSSR count). The van der Waals surface area contributed by atoms with Crippen molar-refractivity contribution in [3.8, 4) is 0 Å². The van der Waals surface area contributed by atoms with Crippen molar-refractivity contribution in [1.29, 1.82) is 0 Å². The van der Waals surface area contributed by atoms with Gasteiger partial charge in [0.15, 0.2) is 0 Å². The topological polar surface area (TPSA) is 20.2 Å². The van der Waals surface area contributed by atoms with Gasteiger partial charge in [0, 0.05) is 20.4 Å². The highest BCUT2D eigenvalue weighted by Crippen LogP contribution is 2.28. The van der Waals surface area contributed by atoms with Gasteiger partial charge >= 0.3 is 0 Å². The van der Waals surface area contributed by atoms with Crippen LogP contribution >= 0.6 is 43.5 Å². The largest absolute Gasteiger partial charge is 0.388 e. The number of aliphatic hydroxyl groups excluding tert-OH is 1. The highest BCUT2D eigenvalue weighted by Gasteiger charge is 2.12. The van der Waals surface area contributed by atoms with Crippen molar-refractivity contribution < 1.29 is 9.50 Å². The van der Waals surface area contributed by atoms with Gasteiger partial charge < -0.3 is 5.11 Å². The normalized spacial score (nSPS) is 12.5. The number of benzene rings is 2. The first-order valence-electron chi connectivity index (χ1n) is 5.53. The fourth-order valence-corrected chi connectivity index (χ4v) is 3.35. The van der Waals surface area contributed by atoms with Crippen LogP contribution in [-0.2, 0) is 6.42 Å². The molecule has 2 aromatic rings. The Kier molecular flexibility index (Phi) is 5.01. The van der Waals surface area contributed by atoms with Crippen LogP contribution < -0.4 is 0 Å². The van der Waals surface area contributed by atoms with Gasteiger partial charge in [-0.15, -0.1) is 0 Å². The van der Waals surface area contributed by atoms with E-state index in [0.29, 0.717) is 17.0 Å². The Morgan fingerprint density at radius 3 is 2.32 bits per heavy atom. The summed E-state index contributed by atoms with van der Waals surface area (Å²) in [7, 11) is 0. The molecule has 0 bridgehead atoms. The van der Waals surface area contributed by atoms with E-state index in [9.17, 15) is 9.50 Å². The molecule has 0 spiro atoms. The number of halogens is 4. The SMILES string of the molecule is OC(Cc1ccc(F)cc1Cl)c1cc(Br)cc(Br)c1. The zero-order valence-corrected chi connectivity index (χ0v) is 13.6. The molecule has 1 nitrogen and oxygen atoms in total. The van der Waals surface area contributed by atoms with Gasteiger partial charge in [-0.05, 0) is 41.5 Å². The van der Waals surface area contributed by atoms with E-state index in [2.05, 4.69) is 31.9 Å². The first-order chi connectivity index (χ1) is 8.95. The zero-order chi connectivity index (χ0) is 14.0. The molecule has 1 atom stereocenters. The smallest absolute Gasteiger partial charge is 0.124 e. The molecule has 1 unspecified atom stereocenters. The molecule has 1 N–H and O–H groups in total. The van der Waals surface area contributed by atoms with Crippen molar-refractivity contribution in [2.75, 3.05) is 0 Å². The average Bonchev–Trinajstić information content (AvgIpc) is 2.31. The van der Waals surface area contributed by atoms with Crippen LogP contribution in [0.1, 0.15) is 17.2 Å². The second-order valence-corrected chi connectivity index (χ2v) is 6.40. The molecule has 0 heterocycles. The lowest BCUT2D eigenvalue weighted by Gasteiger charge is -2.13. The third-order valence-corrected chi connectivity index (χ3v) is 3.97. The van der Waals surface area contributed by atoms with E-state index in [1.165, 1.54) is 12.1 Å². The van der Waals surface area contributed by atoms with Crippen LogP contribution in [0.15, 0.2) is 45.3 Å². The fraction of sp³-hybridized carbons (Fsp3) is 0.143. The molecule has 5 heteroatoms. The summed E-state index contributed by atoms with van der Waals surface area (Å²) >= 11 is 12.7. The van der Waals surface area contributed by atoms with Crippen LogP contribution in [0.5, 0.6) is 0 Å². The van der Waals surface area contributed by atoms with E-state index < -0.39 is 6.10 Å². The molecule has 19 heavy (non-hydrogen) atoms. The van der Waals surface area contributed by atoms with Gasteiger partial charge in [-0.3, -0.25) is 0 Å². The fourth-order valence-electron chi connectivity index (χ4n) is 1.78. The molecular formula is C14H10Br2ClFO. The summed E-state index contributed by atoms with van der Waals surface area (Å²) in [6.45, 7) is 0. The summed E-state index contributed by atoms with van der Waals surface area (Å²) in [5.41, 5.74) is 1.48. The Morgan fingerprint density at radius 2 is 1.74 bits per heavy atom. The van der Waals surface area contributed by atoms with Gasteiger partial charge in [-0.25, -0.2) is 4.39 Å². The summed E-state index contributed by atoms with van der Waals surface area (Å²) in [6, 6.07) is 9.75. The number of hydrogen-bond acceptors (Lipinski definition) is 1. The molecule has 0 aliphatic rings. The van der Waals surface area contributed by atoms with E-state index in [1.807, 2.05) is 18.2 Å². The molecule has 0 saturated carbocycles. The highest BCUT2D eigenvalue weighted by atomic mass is 79.9. The quantitative estimate of drug-likeness (QED) is 0.733. The summed E-state index contributed by atoms with van der Waals surface area (Å²) in [4.78, 5) is 0. The molecule has 0 fully saturated rings. The molecule has 0 saturated heterocycles.